The molecule has 1 aromatic rings. The SMILES string of the molecule is O=C(O)CCCCCCC(=O)CNc1cccc([N+](=O)[O-])c1.[3H]SCC. The number of rotatable bonds is 12. The van der Waals surface area contributed by atoms with Crippen LogP contribution in [0.3, 0.4) is 0 Å². The normalized spacial score (nSPS) is 10.2. The number of hydrogen-bond acceptors (Lipinski definition) is 6. The van der Waals surface area contributed by atoms with Crippen LogP contribution in [0.1, 0.15) is 45.4 Å². The number of nitrogens with zero attached hydrogens (tertiary/aromatic N) is 1. The van der Waals surface area contributed by atoms with Crippen LogP contribution in [0.2, 0.25) is 0 Å². The Bertz CT molecular complexity index is 570. The lowest BCUT2D eigenvalue weighted by Gasteiger charge is -2.05. The number of ketones is 1. The summed E-state index contributed by atoms with van der Waals surface area (Å²) in [5.41, 5.74) is 0.528. The molecule has 8 heteroatoms. The van der Waals surface area contributed by atoms with Crippen molar-refractivity contribution < 1.29 is 19.6 Å². The van der Waals surface area contributed by atoms with E-state index in [1.807, 2.05) is 6.92 Å². The van der Waals surface area contributed by atoms with E-state index in [1.165, 1.54) is 12.1 Å². The number of carboxylic acids is 1. The number of non-ortho nitro benzene ring substituents is 1. The largest absolute Gasteiger partial charge is 0.481 e. The van der Waals surface area contributed by atoms with Crippen molar-refractivity contribution in [3.05, 3.63) is 34.4 Å². The van der Waals surface area contributed by atoms with E-state index in [-0.39, 0.29) is 24.4 Å². The number of Topliss-reactive ketones (excluding diaryl/α,β-unsaturated/α-hetero) is 1. The van der Waals surface area contributed by atoms with Crippen LogP contribution in [0.25, 0.3) is 0 Å². The van der Waals surface area contributed by atoms with Gasteiger partial charge in [0.15, 0.2) is 5.78 Å². The van der Waals surface area contributed by atoms with Gasteiger partial charge in [0.25, 0.3) is 5.69 Å². The second kappa shape index (κ2) is 14.3. The van der Waals surface area contributed by atoms with E-state index < -0.39 is 10.9 Å². The lowest BCUT2D eigenvalue weighted by molar-refractivity contribution is -0.384. The van der Waals surface area contributed by atoms with Gasteiger partial charge < -0.3 is 10.4 Å². The highest BCUT2D eigenvalue weighted by atomic mass is 32.1. The number of benzene rings is 1. The fraction of sp³-hybridized carbons (Fsp3) is 0.529. The number of carbonyl (C=O) groups is 2. The lowest BCUT2D eigenvalue weighted by Crippen LogP contribution is -2.13. The maximum Gasteiger partial charge on any atom is 0.303 e. The van der Waals surface area contributed by atoms with Crippen LogP contribution in [0.4, 0.5) is 11.4 Å². The molecule has 2 N–H and O–H groups in total. The molecule has 0 spiro atoms. The summed E-state index contributed by atoms with van der Waals surface area (Å²) in [7, 11) is 0. The number of nitro groups is 1. The molecule has 0 aromatic heterocycles. The molecule has 0 aliphatic rings. The highest BCUT2D eigenvalue weighted by Gasteiger charge is 2.07. The van der Waals surface area contributed by atoms with Crippen molar-refractivity contribution in [2.75, 3.05) is 17.6 Å². The monoisotopic (exact) mass is 372 g/mol. The highest BCUT2D eigenvalue weighted by molar-refractivity contribution is 7.80. The number of anilines is 1. The first kappa shape index (κ1) is 21.0. The van der Waals surface area contributed by atoms with Crippen molar-refractivity contribution in [2.45, 2.75) is 45.4 Å². The van der Waals surface area contributed by atoms with E-state index in [1.54, 1.807) is 12.1 Å². The van der Waals surface area contributed by atoms with E-state index in [4.69, 9.17) is 6.23 Å². The van der Waals surface area contributed by atoms with Crippen molar-refractivity contribution >= 4 is 35.7 Å². The zero-order valence-electron chi connectivity index (χ0n) is 15.4. The lowest BCUT2D eigenvalue weighted by atomic mass is 10.1. The quantitative estimate of drug-likeness (QED) is 0.222. The Balaban J connectivity index is 0.00000141. The molecule has 0 saturated carbocycles. The molecule has 7 nitrogen and oxygen atoms in total. The van der Waals surface area contributed by atoms with Gasteiger partial charge >= 0.3 is 5.97 Å². The Hall–Kier alpha value is -2.09. The number of nitro benzene ring substituents is 1. The van der Waals surface area contributed by atoms with Crippen LogP contribution in [0.5, 0.6) is 0 Å². The minimum Gasteiger partial charge on any atom is -0.481 e. The third-order valence-electron chi connectivity index (χ3n) is 3.14. The van der Waals surface area contributed by atoms with Gasteiger partial charge in [0.2, 0.25) is 0 Å². The summed E-state index contributed by atoms with van der Waals surface area (Å²) >= 11 is 1.11. The summed E-state index contributed by atoms with van der Waals surface area (Å²) < 4.78 is 6.37. The van der Waals surface area contributed by atoms with E-state index in [0.29, 0.717) is 18.5 Å². The highest BCUT2D eigenvalue weighted by Crippen LogP contribution is 2.16. The van der Waals surface area contributed by atoms with Crippen LogP contribution in [-0.2, 0) is 9.59 Å². The predicted molar refractivity (Wildman–Crippen MR) is 101 cm³/mol. The maximum atomic E-state index is 11.7. The van der Waals surface area contributed by atoms with Crippen molar-refractivity contribution in [1.82, 2.24) is 0 Å². The first-order chi connectivity index (χ1) is 12.4. The van der Waals surface area contributed by atoms with Gasteiger partial charge in [-0.25, -0.2) is 0 Å². The van der Waals surface area contributed by atoms with Gasteiger partial charge in [0.1, 0.15) is 1.12 Å². The van der Waals surface area contributed by atoms with E-state index in [2.05, 4.69) is 5.32 Å². The van der Waals surface area contributed by atoms with Gasteiger partial charge in [-0.1, -0.05) is 25.8 Å². The molecule has 0 amide bonds. The third-order valence-corrected chi connectivity index (χ3v) is 3.14. The number of aliphatic carboxylic acids is 1. The molecule has 0 aliphatic carbocycles. The molecule has 1 rings (SSSR count). The second-order valence-electron chi connectivity index (χ2n) is 5.30. The number of unbranched alkanes of at least 4 members (excludes halogenated alkanes) is 3. The molecule has 0 atom stereocenters. The molecule has 0 radical (unpaired) electrons. The minimum absolute atomic E-state index is 0.0177. The Morgan fingerprint density at radius 1 is 1.28 bits per heavy atom. The van der Waals surface area contributed by atoms with Crippen molar-refractivity contribution in [2.24, 2.45) is 0 Å². The number of carboxylic acid groups (broad SMARTS) is 1. The Morgan fingerprint density at radius 3 is 2.48 bits per heavy atom. The molecule has 1 aromatic carbocycles. The molecule has 0 bridgehead atoms. The summed E-state index contributed by atoms with van der Waals surface area (Å²) in [6, 6.07) is 6.02. The average Bonchev–Trinajstić information content (AvgIpc) is 2.63. The van der Waals surface area contributed by atoms with E-state index >= 15 is 0 Å². The Morgan fingerprint density at radius 2 is 1.92 bits per heavy atom. The molecular weight excluding hydrogens is 344 g/mol. The summed E-state index contributed by atoms with van der Waals surface area (Å²) in [4.78, 5) is 32.2. The third kappa shape index (κ3) is 12.9. The van der Waals surface area contributed by atoms with Gasteiger partial charge in [-0.3, -0.25) is 19.7 Å². The first-order valence-corrected chi connectivity index (χ1v) is 8.78. The standard InChI is InChI=1S/C15H20N2O5.C2H6S/c18-14(8-3-1-2-4-9-15(19)20)11-16-12-6-5-7-13(10-12)17(21)22;1-2-3/h5-7,10,16H,1-4,8-9,11H2,(H,19,20);3H,2H2,1H3/i/hT. The van der Waals surface area contributed by atoms with Crippen LogP contribution >= 0.6 is 12.5 Å². The molecule has 0 saturated heterocycles. The summed E-state index contributed by atoms with van der Waals surface area (Å²) in [6.45, 7) is 2.09. The summed E-state index contributed by atoms with van der Waals surface area (Å²) in [5, 5.41) is 22.0. The number of hydrogen-bond donors (Lipinski definition) is 3. The molecule has 0 heterocycles. The van der Waals surface area contributed by atoms with Gasteiger partial charge in [-0.05, 0) is 24.7 Å². The molecule has 0 fully saturated rings. The van der Waals surface area contributed by atoms with Crippen LogP contribution in [-0.4, -0.2) is 35.2 Å². The van der Waals surface area contributed by atoms with Crippen molar-refractivity contribution in [3.8, 4) is 0 Å². The topological polar surface area (TPSA) is 110 Å². The predicted octanol–water partition coefficient (Wildman–Crippen LogP) is 3.94. The molecule has 25 heavy (non-hydrogen) atoms. The molecule has 0 unspecified atom stereocenters. The van der Waals surface area contributed by atoms with E-state index in [0.717, 1.165) is 37.5 Å². The first-order valence-electron chi connectivity index (χ1n) is 8.61. The number of nitrogens with one attached hydrogen (secondary N) is 1. The Labute approximate surface area is 154 Å². The minimum atomic E-state index is -0.794. The average molecular weight is 372 g/mol. The van der Waals surface area contributed by atoms with E-state index in [9.17, 15) is 19.7 Å². The number of thiol groups is 1. The fourth-order valence-corrected chi connectivity index (χ4v) is 1.97. The van der Waals surface area contributed by atoms with Crippen LogP contribution in [0, 0.1) is 10.1 Å². The smallest absolute Gasteiger partial charge is 0.303 e. The zero-order valence-corrected chi connectivity index (χ0v) is 15.2. The van der Waals surface area contributed by atoms with Gasteiger partial charge in [-0.2, -0.15) is 12.5 Å². The van der Waals surface area contributed by atoms with Crippen molar-refractivity contribution in [3.63, 3.8) is 0 Å². The Kier molecular flexibility index (Phi) is 12.0. The summed E-state index contributed by atoms with van der Waals surface area (Å²) in [6.07, 6.45) is 3.59. The zero-order chi connectivity index (χ0) is 19.8. The van der Waals surface area contributed by atoms with Crippen LogP contribution in [0.15, 0.2) is 24.3 Å². The maximum absolute atomic E-state index is 11.7. The number of carbonyl (C=O) groups excluding carboxylic acids is 1. The van der Waals surface area contributed by atoms with Gasteiger partial charge in [-0.15, -0.1) is 0 Å². The van der Waals surface area contributed by atoms with Crippen LogP contribution < -0.4 is 5.32 Å². The molecule has 140 valence electrons. The summed E-state index contributed by atoms with van der Waals surface area (Å²) in [5.74, 6) is 0.141. The molecular formula is C17H26N2O5S. The van der Waals surface area contributed by atoms with Gasteiger partial charge in [0, 0.05) is 30.7 Å². The second-order valence-corrected chi connectivity index (χ2v) is 5.87. The van der Waals surface area contributed by atoms with Crippen molar-refractivity contribution in [1.29, 1.82) is 1.12 Å². The molecule has 0 aliphatic heterocycles. The van der Waals surface area contributed by atoms with Gasteiger partial charge in [0.05, 0.1) is 11.5 Å². The fourth-order valence-electron chi connectivity index (χ4n) is 1.97.